The number of hydrogen-bond donors (Lipinski definition) is 3. The van der Waals surface area contributed by atoms with Gasteiger partial charge < -0.3 is 15.7 Å². The van der Waals surface area contributed by atoms with Crippen LogP contribution in [-0.4, -0.2) is 36.2 Å². The Bertz CT molecular complexity index is 239. The van der Waals surface area contributed by atoms with E-state index in [0.717, 1.165) is 45.2 Å². The van der Waals surface area contributed by atoms with E-state index in [0.29, 0.717) is 5.92 Å². The minimum absolute atomic E-state index is 0.0140. The molecular weight excluding hydrogens is 204 g/mol. The van der Waals surface area contributed by atoms with Crippen LogP contribution >= 0.6 is 0 Å². The number of amides is 1. The van der Waals surface area contributed by atoms with Crippen LogP contribution in [0.5, 0.6) is 0 Å². The van der Waals surface area contributed by atoms with Gasteiger partial charge in [0, 0.05) is 6.54 Å². The molecule has 4 heteroatoms. The van der Waals surface area contributed by atoms with Gasteiger partial charge in [-0.25, -0.2) is 0 Å². The lowest BCUT2D eigenvalue weighted by Gasteiger charge is -2.23. The van der Waals surface area contributed by atoms with Crippen LogP contribution in [-0.2, 0) is 4.79 Å². The van der Waals surface area contributed by atoms with E-state index in [1.807, 2.05) is 0 Å². The van der Waals surface area contributed by atoms with Gasteiger partial charge in [0.1, 0.15) is 0 Å². The minimum atomic E-state index is -0.144. The number of carbonyl (C=O) groups is 1. The standard InChI is InChI=1S/C12H22N2O2/c15-10-5-4-9(7-10)8-14-12(16)11-3-1-2-6-13-11/h9-11,13,15H,1-8H2,(H,14,16)/t9?,10?,11-/m0/s1. The lowest BCUT2D eigenvalue weighted by molar-refractivity contribution is -0.123. The smallest absolute Gasteiger partial charge is 0.237 e. The van der Waals surface area contributed by atoms with Gasteiger partial charge in [-0.15, -0.1) is 0 Å². The maximum Gasteiger partial charge on any atom is 0.237 e. The number of piperidine rings is 1. The van der Waals surface area contributed by atoms with E-state index < -0.39 is 0 Å². The van der Waals surface area contributed by atoms with E-state index in [9.17, 15) is 9.90 Å². The van der Waals surface area contributed by atoms with Crippen LogP contribution in [0.25, 0.3) is 0 Å². The van der Waals surface area contributed by atoms with Crippen LogP contribution in [0.15, 0.2) is 0 Å². The van der Waals surface area contributed by atoms with Gasteiger partial charge in [0.2, 0.25) is 5.91 Å². The van der Waals surface area contributed by atoms with E-state index >= 15 is 0 Å². The highest BCUT2D eigenvalue weighted by Crippen LogP contribution is 2.24. The average molecular weight is 226 g/mol. The highest BCUT2D eigenvalue weighted by Gasteiger charge is 2.25. The maximum atomic E-state index is 11.8. The van der Waals surface area contributed by atoms with Crippen molar-refractivity contribution in [3.63, 3.8) is 0 Å². The van der Waals surface area contributed by atoms with Crippen LogP contribution in [0.1, 0.15) is 38.5 Å². The summed E-state index contributed by atoms with van der Waals surface area (Å²) in [5, 5.41) is 15.6. The first kappa shape index (κ1) is 11.9. The first-order valence-electron chi connectivity index (χ1n) is 6.45. The van der Waals surface area contributed by atoms with Crippen molar-refractivity contribution in [1.29, 1.82) is 0 Å². The molecule has 1 aliphatic carbocycles. The van der Waals surface area contributed by atoms with Crippen molar-refractivity contribution in [1.82, 2.24) is 10.6 Å². The van der Waals surface area contributed by atoms with Crippen LogP contribution in [0.3, 0.4) is 0 Å². The summed E-state index contributed by atoms with van der Waals surface area (Å²) in [5.74, 6) is 0.614. The average Bonchev–Trinajstić information content (AvgIpc) is 2.73. The number of aliphatic hydroxyl groups excluding tert-OH is 1. The Hall–Kier alpha value is -0.610. The highest BCUT2D eigenvalue weighted by atomic mass is 16.3. The summed E-state index contributed by atoms with van der Waals surface area (Å²) in [5.41, 5.74) is 0. The summed E-state index contributed by atoms with van der Waals surface area (Å²) in [6.07, 6.45) is 5.92. The molecule has 0 aromatic heterocycles. The van der Waals surface area contributed by atoms with E-state index in [1.54, 1.807) is 0 Å². The lowest BCUT2D eigenvalue weighted by atomic mass is 10.0. The van der Waals surface area contributed by atoms with Gasteiger partial charge in [-0.2, -0.15) is 0 Å². The first-order valence-corrected chi connectivity index (χ1v) is 6.45. The maximum absolute atomic E-state index is 11.8. The Kier molecular flexibility index (Phi) is 4.18. The zero-order valence-corrected chi connectivity index (χ0v) is 9.74. The van der Waals surface area contributed by atoms with Crippen LogP contribution in [0.2, 0.25) is 0 Å². The van der Waals surface area contributed by atoms with Crippen molar-refractivity contribution in [2.24, 2.45) is 5.92 Å². The van der Waals surface area contributed by atoms with Gasteiger partial charge in [-0.05, 0) is 44.6 Å². The predicted octanol–water partition coefficient (Wildman–Crippen LogP) is 0.406. The molecule has 1 saturated heterocycles. The molecule has 1 heterocycles. The molecule has 1 saturated carbocycles. The molecule has 1 aliphatic heterocycles. The van der Waals surface area contributed by atoms with E-state index in [1.165, 1.54) is 6.42 Å². The third kappa shape index (κ3) is 3.19. The number of hydrogen-bond acceptors (Lipinski definition) is 3. The summed E-state index contributed by atoms with van der Waals surface area (Å²) in [6.45, 7) is 1.69. The number of carbonyl (C=O) groups excluding carboxylic acids is 1. The Morgan fingerprint density at radius 2 is 2.19 bits per heavy atom. The normalized spacial score (nSPS) is 34.9. The second-order valence-corrected chi connectivity index (χ2v) is 5.08. The molecule has 2 unspecified atom stereocenters. The van der Waals surface area contributed by atoms with Crippen molar-refractivity contribution in [3.05, 3.63) is 0 Å². The second kappa shape index (κ2) is 5.64. The molecule has 0 spiro atoms. The van der Waals surface area contributed by atoms with Gasteiger partial charge >= 0.3 is 0 Å². The lowest BCUT2D eigenvalue weighted by Crippen LogP contribution is -2.47. The minimum Gasteiger partial charge on any atom is -0.393 e. The van der Waals surface area contributed by atoms with Crippen molar-refractivity contribution < 1.29 is 9.90 Å². The monoisotopic (exact) mass is 226 g/mol. The third-order valence-corrected chi connectivity index (χ3v) is 3.71. The van der Waals surface area contributed by atoms with Crippen LogP contribution < -0.4 is 10.6 Å². The van der Waals surface area contributed by atoms with Crippen LogP contribution in [0.4, 0.5) is 0 Å². The Labute approximate surface area is 96.8 Å². The second-order valence-electron chi connectivity index (χ2n) is 5.08. The fraction of sp³-hybridized carbons (Fsp3) is 0.917. The highest BCUT2D eigenvalue weighted by molar-refractivity contribution is 5.81. The Morgan fingerprint density at radius 1 is 1.31 bits per heavy atom. The fourth-order valence-electron chi connectivity index (χ4n) is 2.68. The van der Waals surface area contributed by atoms with E-state index in [-0.39, 0.29) is 18.1 Å². The van der Waals surface area contributed by atoms with Gasteiger partial charge in [0.25, 0.3) is 0 Å². The van der Waals surface area contributed by atoms with E-state index in [4.69, 9.17) is 0 Å². The largest absolute Gasteiger partial charge is 0.393 e. The molecule has 3 N–H and O–H groups in total. The molecule has 1 amide bonds. The van der Waals surface area contributed by atoms with Crippen LogP contribution in [0, 0.1) is 5.92 Å². The van der Waals surface area contributed by atoms with Gasteiger partial charge in [-0.3, -0.25) is 4.79 Å². The topological polar surface area (TPSA) is 61.4 Å². The number of nitrogens with one attached hydrogen (secondary N) is 2. The molecule has 2 rings (SSSR count). The Balaban J connectivity index is 1.66. The van der Waals surface area contributed by atoms with E-state index in [2.05, 4.69) is 10.6 Å². The zero-order chi connectivity index (χ0) is 11.4. The van der Waals surface area contributed by atoms with Gasteiger partial charge in [0.05, 0.1) is 12.1 Å². The van der Waals surface area contributed by atoms with Gasteiger partial charge in [0.15, 0.2) is 0 Å². The Morgan fingerprint density at radius 3 is 2.81 bits per heavy atom. The van der Waals surface area contributed by atoms with Gasteiger partial charge in [-0.1, -0.05) is 6.42 Å². The molecule has 4 nitrogen and oxygen atoms in total. The molecule has 0 bridgehead atoms. The molecule has 2 aliphatic rings. The quantitative estimate of drug-likeness (QED) is 0.653. The molecular formula is C12H22N2O2. The fourth-order valence-corrected chi connectivity index (χ4v) is 2.68. The molecule has 0 aromatic carbocycles. The summed E-state index contributed by atoms with van der Waals surface area (Å²) in [6, 6.07) is 0.0140. The number of rotatable bonds is 3. The SMILES string of the molecule is O=C(NCC1CCC(O)C1)[C@@H]1CCCCN1. The molecule has 16 heavy (non-hydrogen) atoms. The molecule has 92 valence electrons. The molecule has 0 aromatic rings. The number of aliphatic hydroxyl groups is 1. The molecule has 2 fully saturated rings. The van der Waals surface area contributed by atoms with Crippen molar-refractivity contribution >= 4 is 5.91 Å². The predicted molar refractivity (Wildman–Crippen MR) is 62.0 cm³/mol. The summed E-state index contributed by atoms with van der Waals surface area (Å²) < 4.78 is 0. The summed E-state index contributed by atoms with van der Waals surface area (Å²) in [7, 11) is 0. The third-order valence-electron chi connectivity index (χ3n) is 3.71. The molecule has 3 atom stereocenters. The van der Waals surface area contributed by atoms with Crippen molar-refractivity contribution in [2.45, 2.75) is 50.7 Å². The zero-order valence-electron chi connectivity index (χ0n) is 9.74. The first-order chi connectivity index (χ1) is 7.75. The van der Waals surface area contributed by atoms with Crippen molar-refractivity contribution in [3.8, 4) is 0 Å². The summed E-state index contributed by atoms with van der Waals surface area (Å²) in [4.78, 5) is 11.8. The summed E-state index contributed by atoms with van der Waals surface area (Å²) >= 11 is 0. The molecule has 0 radical (unpaired) electrons. The van der Waals surface area contributed by atoms with Crippen molar-refractivity contribution in [2.75, 3.05) is 13.1 Å².